The number of anilines is 1. The molecular weight excluding hydrogens is 366 g/mol. The third-order valence-electron chi connectivity index (χ3n) is 5.09. The molecule has 1 saturated heterocycles. The minimum atomic E-state index is -0.0980. The Morgan fingerprint density at radius 3 is 2.86 bits per heavy atom. The lowest BCUT2D eigenvalue weighted by atomic mass is 10.0. The molecular formula is C22H25N5O2. The molecule has 7 heteroatoms. The molecule has 0 spiro atoms. The van der Waals surface area contributed by atoms with Gasteiger partial charge in [-0.2, -0.15) is 5.10 Å². The first-order valence-corrected chi connectivity index (χ1v) is 9.71. The minimum Gasteiger partial charge on any atom is -0.497 e. The Kier molecular flexibility index (Phi) is 5.76. The molecule has 0 saturated carbocycles. The van der Waals surface area contributed by atoms with Crippen molar-refractivity contribution in [3.63, 3.8) is 0 Å². The van der Waals surface area contributed by atoms with Gasteiger partial charge in [0.25, 0.3) is 0 Å². The van der Waals surface area contributed by atoms with Crippen LogP contribution in [0, 0.1) is 0 Å². The Morgan fingerprint density at radius 2 is 2.10 bits per heavy atom. The van der Waals surface area contributed by atoms with Crippen LogP contribution in [-0.4, -0.2) is 47.5 Å². The van der Waals surface area contributed by atoms with E-state index in [1.807, 2.05) is 70.4 Å². The third kappa shape index (κ3) is 4.57. The minimum absolute atomic E-state index is 0.0436. The number of hydrogen-bond donors (Lipinski definition) is 2. The topological polar surface area (TPSA) is 71.4 Å². The normalized spacial score (nSPS) is 16.4. The molecule has 2 heterocycles. The molecule has 29 heavy (non-hydrogen) atoms. The summed E-state index contributed by atoms with van der Waals surface area (Å²) in [6, 6.07) is 17.5. The fourth-order valence-corrected chi connectivity index (χ4v) is 3.56. The number of nitrogens with one attached hydrogen (secondary N) is 2. The predicted molar refractivity (Wildman–Crippen MR) is 112 cm³/mol. The highest BCUT2D eigenvalue weighted by atomic mass is 16.5. The van der Waals surface area contributed by atoms with Crippen molar-refractivity contribution in [2.24, 2.45) is 0 Å². The van der Waals surface area contributed by atoms with Gasteiger partial charge >= 0.3 is 6.03 Å². The Balaban J connectivity index is 1.44. The molecule has 0 radical (unpaired) electrons. The highest BCUT2D eigenvalue weighted by Gasteiger charge is 2.28. The first-order chi connectivity index (χ1) is 14.2. The van der Waals surface area contributed by atoms with Gasteiger partial charge in [-0.05, 0) is 41.5 Å². The van der Waals surface area contributed by atoms with E-state index in [9.17, 15) is 4.79 Å². The molecule has 3 aromatic rings. The van der Waals surface area contributed by atoms with E-state index in [-0.39, 0.29) is 12.1 Å². The van der Waals surface area contributed by atoms with Crippen LogP contribution >= 0.6 is 0 Å². The number of amides is 2. The summed E-state index contributed by atoms with van der Waals surface area (Å²) in [5, 5.41) is 10.6. The van der Waals surface area contributed by atoms with Gasteiger partial charge in [-0.1, -0.05) is 24.3 Å². The molecule has 0 aliphatic carbocycles. The summed E-state index contributed by atoms with van der Waals surface area (Å²) < 4.78 is 7.21. The molecule has 2 aromatic carbocycles. The summed E-state index contributed by atoms with van der Waals surface area (Å²) in [4.78, 5) is 14.9. The van der Waals surface area contributed by atoms with Gasteiger partial charge in [0, 0.05) is 37.7 Å². The van der Waals surface area contributed by atoms with Crippen LogP contribution in [0.5, 0.6) is 5.75 Å². The number of rotatable bonds is 5. The van der Waals surface area contributed by atoms with Crippen LogP contribution in [0.4, 0.5) is 10.5 Å². The number of hydrogen-bond acceptors (Lipinski definition) is 4. The van der Waals surface area contributed by atoms with Gasteiger partial charge in [0.15, 0.2) is 0 Å². The van der Waals surface area contributed by atoms with Crippen LogP contribution < -0.4 is 15.4 Å². The maximum atomic E-state index is 13.0. The average molecular weight is 391 g/mol. The summed E-state index contributed by atoms with van der Waals surface area (Å²) in [7, 11) is 1.65. The zero-order valence-electron chi connectivity index (χ0n) is 16.4. The van der Waals surface area contributed by atoms with Gasteiger partial charge in [-0.25, -0.2) is 4.79 Å². The lowest BCUT2D eigenvalue weighted by molar-refractivity contribution is 0.171. The Labute approximate surface area is 170 Å². The highest BCUT2D eigenvalue weighted by Crippen LogP contribution is 2.26. The van der Waals surface area contributed by atoms with E-state index >= 15 is 0 Å². The summed E-state index contributed by atoms with van der Waals surface area (Å²) >= 11 is 0. The molecule has 1 aliphatic rings. The van der Waals surface area contributed by atoms with Crippen molar-refractivity contribution in [2.45, 2.75) is 12.6 Å². The van der Waals surface area contributed by atoms with E-state index in [1.165, 1.54) is 0 Å². The average Bonchev–Trinajstić information content (AvgIpc) is 3.28. The standard InChI is InChI=1S/C22H25N5O2/c1-29-20-5-2-4-18(14-20)21-15-23-11-13-27(21)22(28)25-19-8-6-17(7-9-19)16-26-12-3-10-24-26/h2-10,12,14,21,23H,11,13,15-16H2,1H3,(H,25,28). The van der Waals surface area contributed by atoms with E-state index in [0.29, 0.717) is 19.6 Å². The van der Waals surface area contributed by atoms with Gasteiger partial charge in [-0.3, -0.25) is 4.68 Å². The molecule has 150 valence electrons. The maximum absolute atomic E-state index is 13.0. The van der Waals surface area contributed by atoms with Crippen molar-refractivity contribution in [1.29, 1.82) is 0 Å². The van der Waals surface area contributed by atoms with Gasteiger partial charge in [0.2, 0.25) is 0 Å². The van der Waals surface area contributed by atoms with Crippen molar-refractivity contribution in [3.05, 3.63) is 78.1 Å². The zero-order chi connectivity index (χ0) is 20.1. The van der Waals surface area contributed by atoms with E-state index in [4.69, 9.17) is 4.74 Å². The van der Waals surface area contributed by atoms with Crippen LogP contribution in [-0.2, 0) is 6.54 Å². The van der Waals surface area contributed by atoms with Crippen LogP contribution in [0.3, 0.4) is 0 Å². The molecule has 1 fully saturated rings. The second-order valence-corrected chi connectivity index (χ2v) is 7.02. The molecule has 1 aromatic heterocycles. The van der Waals surface area contributed by atoms with Crippen LogP contribution in [0.1, 0.15) is 17.2 Å². The molecule has 4 rings (SSSR count). The van der Waals surface area contributed by atoms with Gasteiger partial charge < -0.3 is 20.3 Å². The lowest BCUT2D eigenvalue weighted by Crippen LogP contribution is -2.50. The van der Waals surface area contributed by atoms with Crippen molar-refractivity contribution >= 4 is 11.7 Å². The summed E-state index contributed by atoms with van der Waals surface area (Å²) in [6.45, 7) is 2.84. The van der Waals surface area contributed by atoms with E-state index in [0.717, 1.165) is 29.1 Å². The number of methoxy groups -OCH3 is 1. The van der Waals surface area contributed by atoms with E-state index in [1.54, 1.807) is 13.3 Å². The van der Waals surface area contributed by atoms with Crippen LogP contribution in [0.15, 0.2) is 67.0 Å². The van der Waals surface area contributed by atoms with E-state index in [2.05, 4.69) is 15.7 Å². The number of nitrogens with zero attached hydrogens (tertiary/aromatic N) is 3. The van der Waals surface area contributed by atoms with Crippen LogP contribution in [0.2, 0.25) is 0 Å². The molecule has 1 aliphatic heterocycles. The van der Waals surface area contributed by atoms with Crippen molar-refractivity contribution in [1.82, 2.24) is 20.0 Å². The number of carbonyl (C=O) groups is 1. The Hall–Kier alpha value is -3.32. The summed E-state index contributed by atoms with van der Waals surface area (Å²) in [5.74, 6) is 0.793. The highest BCUT2D eigenvalue weighted by molar-refractivity contribution is 5.89. The molecule has 2 amide bonds. The van der Waals surface area contributed by atoms with Crippen molar-refractivity contribution < 1.29 is 9.53 Å². The first kappa shape index (κ1) is 19.0. The lowest BCUT2D eigenvalue weighted by Gasteiger charge is -2.36. The molecule has 0 bridgehead atoms. The summed E-state index contributed by atoms with van der Waals surface area (Å²) in [6.07, 6.45) is 3.69. The third-order valence-corrected chi connectivity index (χ3v) is 5.09. The first-order valence-electron chi connectivity index (χ1n) is 9.71. The molecule has 7 nitrogen and oxygen atoms in total. The second kappa shape index (κ2) is 8.79. The molecule has 1 unspecified atom stereocenters. The van der Waals surface area contributed by atoms with Crippen molar-refractivity contribution in [2.75, 3.05) is 32.1 Å². The molecule has 1 atom stereocenters. The van der Waals surface area contributed by atoms with Gasteiger partial charge in [0.1, 0.15) is 5.75 Å². The largest absolute Gasteiger partial charge is 0.497 e. The number of ether oxygens (including phenoxy) is 1. The number of benzene rings is 2. The Morgan fingerprint density at radius 1 is 1.24 bits per heavy atom. The monoisotopic (exact) mass is 391 g/mol. The fraction of sp³-hybridized carbons (Fsp3) is 0.273. The summed E-state index contributed by atoms with van der Waals surface area (Å²) in [5.41, 5.74) is 2.96. The number of urea groups is 1. The quantitative estimate of drug-likeness (QED) is 0.701. The van der Waals surface area contributed by atoms with Crippen LogP contribution in [0.25, 0.3) is 0 Å². The van der Waals surface area contributed by atoms with Gasteiger partial charge in [0.05, 0.1) is 19.7 Å². The number of aromatic nitrogens is 2. The van der Waals surface area contributed by atoms with E-state index < -0.39 is 0 Å². The van der Waals surface area contributed by atoms with Crippen molar-refractivity contribution in [3.8, 4) is 5.75 Å². The fourth-order valence-electron chi connectivity index (χ4n) is 3.56. The maximum Gasteiger partial charge on any atom is 0.322 e. The Bertz CT molecular complexity index is 940. The number of piperazine rings is 1. The predicted octanol–water partition coefficient (Wildman–Crippen LogP) is 3.12. The second-order valence-electron chi connectivity index (χ2n) is 7.02. The number of carbonyl (C=O) groups excluding carboxylic acids is 1. The molecule has 2 N–H and O–H groups in total. The SMILES string of the molecule is COc1cccc(C2CNCCN2C(=O)Nc2ccc(Cn3cccn3)cc2)c1. The smallest absolute Gasteiger partial charge is 0.322 e. The zero-order valence-corrected chi connectivity index (χ0v) is 16.4. The van der Waals surface area contributed by atoms with Gasteiger partial charge in [-0.15, -0.1) is 0 Å².